The van der Waals surface area contributed by atoms with Crippen LogP contribution in [0.4, 0.5) is 5.82 Å². The lowest BCUT2D eigenvalue weighted by Gasteiger charge is -2.26. The van der Waals surface area contributed by atoms with Gasteiger partial charge in [-0.25, -0.2) is 9.97 Å². The lowest BCUT2D eigenvalue weighted by Crippen LogP contribution is -2.21. The van der Waals surface area contributed by atoms with E-state index < -0.39 is 6.10 Å². The van der Waals surface area contributed by atoms with Crippen molar-refractivity contribution in [2.45, 2.75) is 25.9 Å². The van der Waals surface area contributed by atoms with E-state index in [9.17, 15) is 5.11 Å². The third-order valence-corrected chi connectivity index (χ3v) is 6.61. The molecule has 0 saturated carbocycles. The van der Waals surface area contributed by atoms with Gasteiger partial charge in [-0.05, 0) is 49.4 Å². The van der Waals surface area contributed by atoms with E-state index in [0.29, 0.717) is 5.82 Å². The molecule has 0 aliphatic carbocycles. The molecule has 0 spiro atoms. The number of thiophene rings is 1. The number of fused-ring (bicyclic) bond motifs is 1. The van der Waals surface area contributed by atoms with Gasteiger partial charge in [0.25, 0.3) is 0 Å². The van der Waals surface area contributed by atoms with Gasteiger partial charge in [0.2, 0.25) is 0 Å². The Bertz CT molecular complexity index is 1020. The number of hydrogen-bond donors (Lipinski definition) is 2. The molecule has 0 bridgehead atoms. The standard InChI is InChI=1S/C21H24N4O2S/c1-12-16-3-4-17(14-9-15(10-23-2)20(22)24-11-14)25-21(16)28-19(12)18(26)13-5-7-27-8-6-13/h3-4,9-11,13,18,26H,5-8H2,1-2H3,(H2,22,24). The Morgan fingerprint density at radius 3 is 2.89 bits per heavy atom. The lowest BCUT2D eigenvalue weighted by atomic mass is 9.91. The van der Waals surface area contributed by atoms with Crippen LogP contribution in [0.2, 0.25) is 0 Å². The topological polar surface area (TPSA) is 93.6 Å². The fraction of sp³-hybridized carbons (Fsp3) is 0.381. The first-order valence-electron chi connectivity index (χ1n) is 9.42. The summed E-state index contributed by atoms with van der Waals surface area (Å²) in [5.74, 6) is 0.696. The summed E-state index contributed by atoms with van der Waals surface area (Å²) in [4.78, 5) is 15.1. The highest BCUT2D eigenvalue weighted by atomic mass is 32.1. The van der Waals surface area contributed by atoms with Gasteiger partial charge in [0.1, 0.15) is 10.6 Å². The van der Waals surface area contributed by atoms with Crippen molar-refractivity contribution in [3.05, 3.63) is 40.4 Å². The molecule has 146 valence electrons. The van der Waals surface area contributed by atoms with Gasteiger partial charge >= 0.3 is 0 Å². The molecular weight excluding hydrogens is 372 g/mol. The molecule has 6 nitrogen and oxygen atoms in total. The number of ether oxygens (including phenoxy) is 1. The summed E-state index contributed by atoms with van der Waals surface area (Å²) in [5.41, 5.74) is 9.53. The normalized spacial score (nSPS) is 16.8. The highest BCUT2D eigenvalue weighted by molar-refractivity contribution is 7.18. The second kappa shape index (κ2) is 7.95. The number of hydrogen-bond acceptors (Lipinski definition) is 7. The zero-order valence-corrected chi connectivity index (χ0v) is 16.9. The number of aryl methyl sites for hydroxylation is 1. The van der Waals surface area contributed by atoms with Crippen LogP contribution in [0.5, 0.6) is 0 Å². The third-order valence-electron chi connectivity index (χ3n) is 5.34. The summed E-state index contributed by atoms with van der Waals surface area (Å²) in [6, 6.07) is 6.02. The van der Waals surface area contributed by atoms with E-state index in [4.69, 9.17) is 15.5 Å². The van der Waals surface area contributed by atoms with Gasteiger partial charge in [0, 0.05) is 54.1 Å². The van der Waals surface area contributed by atoms with Crippen LogP contribution in [0.3, 0.4) is 0 Å². The first-order chi connectivity index (χ1) is 13.6. The van der Waals surface area contributed by atoms with Crippen molar-refractivity contribution in [3.63, 3.8) is 0 Å². The minimum absolute atomic E-state index is 0.247. The van der Waals surface area contributed by atoms with E-state index in [-0.39, 0.29) is 5.92 Å². The fourth-order valence-corrected chi connectivity index (χ4v) is 4.94. The number of nitrogens with two attached hydrogens (primary N) is 1. The van der Waals surface area contributed by atoms with Crippen LogP contribution >= 0.6 is 11.3 Å². The van der Waals surface area contributed by atoms with Gasteiger partial charge < -0.3 is 15.6 Å². The van der Waals surface area contributed by atoms with E-state index in [1.54, 1.807) is 30.8 Å². The van der Waals surface area contributed by atoms with Crippen LogP contribution in [0.15, 0.2) is 29.4 Å². The number of aliphatic hydroxyl groups excluding tert-OH is 1. The molecule has 1 saturated heterocycles. The highest BCUT2D eigenvalue weighted by Crippen LogP contribution is 2.40. The maximum absolute atomic E-state index is 10.9. The van der Waals surface area contributed by atoms with E-state index in [2.05, 4.69) is 23.0 Å². The van der Waals surface area contributed by atoms with Crippen LogP contribution in [0, 0.1) is 12.8 Å². The molecule has 0 aromatic carbocycles. The first kappa shape index (κ1) is 19.0. The Labute approximate surface area is 168 Å². The second-order valence-corrected chi connectivity index (χ2v) is 8.15. The number of aliphatic imine (C=N–C) groups is 1. The number of anilines is 1. The molecule has 1 atom stereocenters. The quantitative estimate of drug-likeness (QED) is 0.655. The summed E-state index contributed by atoms with van der Waals surface area (Å²) in [6.45, 7) is 3.52. The highest BCUT2D eigenvalue weighted by Gasteiger charge is 2.27. The second-order valence-electron chi connectivity index (χ2n) is 7.12. The number of aromatic nitrogens is 2. The monoisotopic (exact) mass is 396 g/mol. The largest absolute Gasteiger partial charge is 0.387 e. The summed E-state index contributed by atoms with van der Waals surface area (Å²) in [6.07, 6.45) is 4.76. The SMILES string of the molecule is CN=Cc1cc(-c2ccc3c(C)c(C(O)C4CCOCC4)sc3n2)cnc1N. The minimum atomic E-state index is -0.461. The number of pyridine rings is 2. The maximum atomic E-state index is 10.9. The molecule has 3 N–H and O–H groups in total. The van der Waals surface area contributed by atoms with Crippen LogP contribution in [0.1, 0.15) is 34.9 Å². The van der Waals surface area contributed by atoms with Crippen LogP contribution in [0.25, 0.3) is 21.5 Å². The van der Waals surface area contributed by atoms with Crippen molar-refractivity contribution in [3.8, 4) is 11.3 Å². The summed E-state index contributed by atoms with van der Waals surface area (Å²) >= 11 is 1.58. The van der Waals surface area contributed by atoms with Gasteiger partial charge in [-0.15, -0.1) is 11.3 Å². The predicted molar refractivity (Wildman–Crippen MR) is 114 cm³/mol. The van der Waals surface area contributed by atoms with Crippen molar-refractivity contribution in [1.82, 2.24) is 9.97 Å². The Morgan fingerprint density at radius 1 is 1.36 bits per heavy atom. The molecule has 1 aliphatic heterocycles. The van der Waals surface area contributed by atoms with Gasteiger partial charge in [-0.3, -0.25) is 4.99 Å². The van der Waals surface area contributed by atoms with E-state index in [1.165, 1.54) is 0 Å². The summed E-state index contributed by atoms with van der Waals surface area (Å²) < 4.78 is 5.43. The van der Waals surface area contributed by atoms with Crippen molar-refractivity contribution < 1.29 is 9.84 Å². The Morgan fingerprint density at radius 2 is 2.14 bits per heavy atom. The number of nitrogens with zero attached hydrogens (tertiary/aromatic N) is 3. The van der Waals surface area contributed by atoms with Crippen LogP contribution in [-0.2, 0) is 4.74 Å². The van der Waals surface area contributed by atoms with Gasteiger partial charge in [-0.1, -0.05) is 0 Å². The van der Waals surface area contributed by atoms with E-state index in [1.807, 2.05) is 12.1 Å². The van der Waals surface area contributed by atoms with Crippen molar-refractivity contribution in [2.24, 2.45) is 10.9 Å². The molecule has 1 unspecified atom stereocenters. The predicted octanol–water partition coefficient (Wildman–Crippen LogP) is 3.76. The molecule has 0 radical (unpaired) electrons. The van der Waals surface area contributed by atoms with E-state index in [0.717, 1.165) is 63.5 Å². The average Bonchev–Trinajstić information content (AvgIpc) is 3.06. The number of aliphatic hydroxyl groups is 1. The summed E-state index contributed by atoms with van der Waals surface area (Å²) in [7, 11) is 1.70. The molecule has 3 aromatic heterocycles. The van der Waals surface area contributed by atoms with Crippen LogP contribution < -0.4 is 5.73 Å². The Kier molecular flexibility index (Phi) is 5.39. The van der Waals surface area contributed by atoms with Crippen molar-refractivity contribution in [2.75, 3.05) is 26.0 Å². The van der Waals surface area contributed by atoms with Crippen molar-refractivity contribution in [1.29, 1.82) is 0 Å². The van der Waals surface area contributed by atoms with Crippen molar-refractivity contribution >= 4 is 33.6 Å². The number of nitrogen functional groups attached to an aromatic ring is 1. The smallest absolute Gasteiger partial charge is 0.132 e. The van der Waals surface area contributed by atoms with Crippen LogP contribution in [-0.4, -0.2) is 41.6 Å². The first-order valence-corrected chi connectivity index (χ1v) is 10.2. The summed E-state index contributed by atoms with van der Waals surface area (Å²) in [5, 5.41) is 12.0. The third kappa shape index (κ3) is 3.53. The molecule has 4 rings (SSSR count). The average molecular weight is 397 g/mol. The number of rotatable bonds is 4. The maximum Gasteiger partial charge on any atom is 0.132 e. The molecule has 3 aromatic rings. The molecular formula is C21H24N4O2S. The zero-order chi connectivity index (χ0) is 19.7. The van der Waals surface area contributed by atoms with E-state index >= 15 is 0 Å². The molecule has 7 heteroatoms. The Hall–Kier alpha value is -2.35. The van der Waals surface area contributed by atoms with Gasteiger partial charge in [0.05, 0.1) is 11.8 Å². The minimum Gasteiger partial charge on any atom is -0.387 e. The lowest BCUT2D eigenvalue weighted by molar-refractivity contribution is 0.00837. The molecule has 4 heterocycles. The fourth-order valence-electron chi connectivity index (χ4n) is 3.68. The zero-order valence-electron chi connectivity index (χ0n) is 16.1. The molecule has 0 amide bonds. The molecule has 1 fully saturated rings. The molecule has 28 heavy (non-hydrogen) atoms. The van der Waals surface area contributed by atoms with Gasteiger partial charge in [-0.2, -0.15) is 0 Å². The van der Waals surface area contributed by atoms with Gasteiger partial charge in [0.15, 0.2) is 0 Å². The molecule has 1 aliphatic rings. The Balaban J connectivity index is 1.71.